The van der Waals surface area contributed by atoms with Gasteiger partial charge in [-0.1, -0.05) is 0 Å². The molecule has 0 N–H and O–H groups in total. The van der Waals surface area contributed by atoms with Crippen LogP contribution >= 0.6 is 11.3 Å². The summed E-state index contributed by atoms with van der Waals surface area (Å²) in [6.45, 7) is 0. The molecule has 1 aromatic carbocycles. The van der Waals surface area contributed by atoms with Crippen LogP contribution in [0.15, 0.2) is 47.8 Å². The van der Waals surface area contributed by atoms with Crippen LogP contribution in [0, 0.1) is 11.4 Å². The van der Waals surface area contributed by atoms with Gasteiger partial charge in [0.1, 0.15) is 0 Å². The molecule has 0 aliphatic rings. The quantitative estimate of drug-likeness (QED) is 0.471. The smallest absolute Gasteiger partial charge is 0.304 e. The molecule has 0 aliphatic carbocycles. The zero-order valence-corrected chi connectivity index (χ0v) is 8.15. The molecule has 2 aromatic rings. The average molecular weight is 219 g/mol. The van der Waals surface area contributed by atoms with Gasteiger partial charge in [0, 0.05) is 0 Å². The van der Waals surface area contributed by atoms with E-state index in [2.05, 4.69) is 11.4 Å². The Kier molecular flexibility index (Phi) is 8.09. The number of hydrogen-bond donors (Lipinski definition) is 0. The maximum atomic E-state index is 2.90. The minimum absolute atomic E-state index is 0. The molecule has 0 unspecified atom stereocenters. The first kappa shape index (κ1) is 11.4. The number of rotatable bonds is 0. The van der Waals surface area contributed by atoms with E-state index in [9.17, 15) is 0 Å². The van der Waals surface area contributed by atoms with Gasteiger partial charge in [-0.05, 0) is 0 Å². The van der Waals surface area contributed by atoms with Crippen LogP contribution < -0.4 is 0 Å². The summed E-state index contributed by atoms with van der Waals surface area (Å²) in [6, 6.07) is 16.4. The van der Waals surface area contributed by atoms with Crippen LogP contribution in [0.5, 0.6) is 0 Å². The van der Waals surface area contributed by atoms with E-state index in [0.29, 0.717) is 0 Å². The van der Waals surface area contributed by atoms with Crippen molar-refractivity contribution < 1.29 is 16.5 Å². The van der Waals surface area contributed by atoms with Crippen LogP contribution in [-0.2, 0) is 16.5 Å². The fraction of sp³-hybridized carbons (Fsp3) is 0. The molecule has 1 heterocycles. The molecular formula is C10H8NiS. The third-order valence-electron chi connectivity index (χ3n) is 0.986. The topological polar surface area (TPSA) is 0 Å². The van der Waals surface area contributed by atoms with Crippen LogP contribution in [0.2, 0.25) is 0 Å². The molecule has 0 fully saturated rings. The molecule has 64 valence electrons. The van der Waals surface area contributed by atoms with Crippen LogP contribution in [0.3, 0.4) is 0 Å². The summed E-state index contributed by atoms with van der Waals surface area (Å²) in [5, 5.41) is 4.89. The summed E-state index contributed by atoms with van der Waals surface area (Å²) in [5.41, 5.74) is 0. The zero-order valence-electron chi connectivity index (χ0n) is 6.34. The van der Waals surface area contributed by atoms with Crippen molar-refractivity contribution in [1.82, 2.24) is 0 Å². The first-order chi connectivity index (χ1) is 5.50. The predicted octanol–water partition coefficient (Wildman–Crippen LogP) is 3.03. The van der Waals surface area contributed by atoms with E-state index in [-0.39, 0.29) is 16.5 Å². The molecule has 12 heavy (non-hydrogen) atoms. The van der Waals surface area contributed by atoms with Gasteiger partial charge in [-0.25, -0.2) is 6.07 Å². The molecule has 2 heteroatoms. The van der Waals surface area contributed by atoms with Gasteiger partial charge in [-0.2, -0.15) is 47.8 Å². The summed E-state index contributed by atoms with van der Waals surface area (Å²) in [6.07, 6.45) is 0. The van der Waals surface area contributed by atoms with Crippen molar-refractivity contribution in [3.63, 3.8) is 0 Å². The summed E-state index contributed by atoms with van der Waals surface area (Å²) >= 11 is 1.59. The molecule has 0 nitrogen and oxygen atoms in total. The maximum Gasteiger partial charge on any atom is 2.00 e. The van der Waals surface area contributed by atoms with Crippen molar-refractivity contribution in [1.29, 1.82) is 0 Å². The largest absolute Gasteiger partial charge is 2.00 e. The van der Waals surface area contributed by atoms with Gasteiger partial charge in [0.25, 0.3) is 0 Å². The van der Waals surface area contributed by atoms with E-state index in [1.807, 2.05) is 47.8 Å². The SMILES string of the molecule is [Ni+2].[c-]1ccccc1.[c-]1cccs1. The molecule has 0 aliphatic heterocycles. The number of hydrogen-bond acceptors (Lipinski definition) is 1. The van der Waals surface area contributed by atoms with Crippen LogP contribution in [0.4, 0.5) is 0 Å². The summed E-state index contributed by atoms with van der Waals surface area (Å²) < 4.78 is 0. The Balaban J connectivity index is 0.000000189. The maximum absolute atomic E-state index is 2.90. The van der Waals surface area contributed by atoms with Crippen LogP contribution in [0.25, 0.3) is 0 Å². The second kappa shape index (κ2) is 8.51. The molecule has 2 rings (SSSR count). The van der Waals surface area contributed by atoms with Gasteiger partial charge < -0.3 is 11.3 Å². The molecular weight excluding hydrogens is 211 g/mol. The average Bonchev–Trinajstić information content (AvgIpc) is 2.64. The Bertz CT molecular complexity index is 196. The third-order valence-corrected chi connectivity index (χ3v) is 1.55. The molecule has 0 radical (unpaired) electrons. The van der Waals surface area contributed by atoms with E-state index in [4.69, 9.17) is 0 Å². The van der Waals surface area contributed by atoms with Gasteiger partial charge in [0.2, 0.25) is 0 Å². The first-order valence-electron chi connectivity index (χ1n) is 3.31. The summed E-state index contributed by atoms with van der Waals surface area (Å²) in [5.74, 6) is 0. The normalized spacial score (nSPS) is 7.33. The van der Waals surface area contributed by atoms with E-state index >= 15 is 0 Å². The van der Waals surface area contributed by atoms with E-state index < -0.39 is 0 Å². The van der Waals surface area contributed by atoms with Crippen LogP contribution in [-0.4, -0.2) is 0 Å². The van der Waals surface area contributed by atoms with Gasteiger partial charge in [-0.15, -0.1) is 5.38 Å². The minimum atomic E-state index is 0. The van der Waals surface area contributed by atoms with Crippen molar-refractivity contribution in [3.8, 4) is 0 Å². The zero-order chi connectivity index (χ0) is 7.78. The predicted molar refractivity (Wildman–Crippen MR) is 48.4 cm³/mol. The fourth-order valence-electron chi connectivity index (χ4n) is 0.538. The third kappa shape index (κ3) is 6.14. The van der Waals surface area contributed by atoms with Crippen molar-refractivity contribution >= 4 is 11.3 Å². The van der Waals surface area contributed by atoms with Crippen molar-refractivity contribution in [2.45, 2.75) is 0 Å². The molecule has 0 atom stereocenters. The van der Waals surface area contributed by atoms with E-state index in [1.165, 1.54) is 0 Å². The molecule has 0 saturated carbocycles. The monoisotopic (exact) mass is 218 g/mol. The Hall–Kier alpha value is -0.586. The Morgan fingerprint density at radius 2 is 1.58 bits per heavy atom. The fourth-order valence-corrected chi connectivity index (χ4v) is 0.931. The van der Waals surface area contributed by atoms with E-state index in [1.54, 1.807) is 11.3 Å². The van der Waals surface area contributed by atoms with Gasteiger partial charge >= 0.3 is 16.5 Å². The van der Waals surface area contributed by atoms with Crippen LogP contribution in [0.1, 0.15) is 0 Å². The minimum Gasteiger partial charge on any atom is -0.304 e. The first-order valence-corrected chi connectivity index (χ1v) is 4.19. The number of thiophene rings is 1. The second-order valence-electron chi connectivity index (χ2n) is 1.81. The summed E-state index contributed by atoms with van der Waals surface area (Å²) in [7, 11) is 0. The van der Waals surface area contributed by atoms with E-state index in [0.717, 1.165) is 0 Å². The van der Waals surface area contributed by atoms with Crippen molar-refractivity contribution in [3.05, 3.63) is 59.3 Å². The molecule has 0 bridgehead atoms. The van der Waals surface area contributed by atoms with Gasteiger partial charge in [0.15, 0.2) is 0 Å². The summed E-state index contributed by atoms with van der Waals surface area (Å²) in [4.78, 5) is 0. The molecule has 0 spiro atoms. The standard InChI is InChI=1S/C6H5.C4H3S.Ni/c1-2-4-6-5-3-1;1-2-4-5-3-1;/h1-5H;1-3H;/q2*-1;+2. The molecule has 1 aromatic heterocycles. The van der Waals surface area contributed by atoms with Gasteiger partial charge in [-0.3, -0.25) is 0 Å². The Morgan fingerprint density at radius 3 is 1.75 bits per heavy atom. The van der Waals surface area contributed by atoms with Crippen molar-refractivity contribution in [2.24, 2.45) is 0 Å². The Morgan fingerprint density at radius 1 is 0.833 bits per heavy atom. The number of benzene rings is 1. The molecule has 0 amide bonds. The Labute approximate surface area is 87.2 Å². The second-order valence-corrected chi connectivity index (χ2v) is 2.55. The van der Waals surface area contributed by atoms with Crippen molar-refractivity contribution in [2.75, 3.05) is 0 Å². The molecule has 0 saturated heterocycles. The van der Waals surface area contributed by atoms with Gasteiger partial charge in [0.05, 0.1) is 0 Å².